The molecule has 0 atom stereocenters. The molecule has 1 aromatic heterocycles. The summed E-state index contributed by atoms with van der Waals surface area (Å²) in [6, 6.07) is 13.7. The molecular formula is C19H19N3O3. The summed E-state index contributed by atoms with van der Waals surface area (Å²) < 4.78 is 17.0. The Labute approximate surface area is 145 Å². The van der Waals surface area contributed by atoms with Crippen molar-refractivity contribution >= 4 is 22.3 Å². The van der Waals surface area contributed by atoms with E-state index >= 15 is 0 Å². The second kappa shape index (κ2) is 6.84. The maximum absolute atomic E-state index is 5.74. The quantitative estimate of drug-likeness (QED) is 0.778. The van der Waals surface area contributed by atoms with Crippen LogP contribution in [0.4, 0.5) is 11.5 Å². The van der Waals surface area contributed by atoms with E-state index in [-0.39, 0.29) is 0 Å². The van der Waals surface area contributed by atoms with Crippen LogP contribution in [0.2, 0.25) is 0 Å². The lowest BCUT2D eigenvalue weighted by molar-refractivity contribution is 0.297. The van der Waals surface area contributed by atoms with Crippen LogP contribution in [0.1, 0.15) is 13.3 Å². The first kappa shape index (κ1) is 15.5. The smallest absolute Gasteiger partial charge is 0.241 e. The van der Waals surface area contributed by atoms with E-state index in [1.54, 1.807) is 0 Å². The first-order valence-electron chi connectivity index (χ1n) is 8.40. The van der Waals surface area contributed by atoms with Gasteiger partial charge in [-0.15, -0.1) is 10.2 Å². The molecule has 4 rings (SSSR count). The number of nitrogens with zero attached hydrogens (tertiary/aromatic N) is 2. The minimum Gasteiger partial charge on any atom is -0.490 e. The average molecular weight is 337 g/mol. The summed E-state index contributed by atoms with van der Waals surface area (Å²) in [5, 5.41) is 13.7. The third-order valence-corrected chi connectivity index (χ3v) is 3.94. The molecule has 2 aromatic carbocycles. The molecule has 0 aliphatic carbocycles. The van der Waals surface area contributed by atoms with E-state index in [0.717, 1.165) is 34.4 Å². The molecule has 1 aliphatic rings. The Kier molecular flexibility index (Phi) is 4.24. The highest BCUT2D eigenvalue weighted by molar-refractivity contribution is 5.95. The van der Waals surface area contributed by atoms with Crippen LogP contribution in [0.5, 0.6) is 17.4 Å². The van der Waals surface area contributed by atoms with Crippen LogP contribution < -0.4 is 19.5 Å². The van der Waals surface area contributed by atoms with Gasteiger partial charge in [-0.3, -0.25) is 0 Å². The third kappa shape index (κ3) is 3.15. The predicted octanol–water partition coefficient (Wildman–Crippen LogP) is 3.93. The fourth-order valence-corrected chi connectivity index (χ4v) is 2.79. The molecule has 0 unspecified atom stereocenters. The van der Waals surface area contributed by atoms with Crippen LogP contribution in [-0.2, 0) is 0 Å². The van der Waals surface area contributed by atoms with Gasteiger partial charge in [0.05, 0.1) is 19.8 Å². The number of aromatic nitrogens is 2. The van der Waals surface area contributed by atoms with E-state index in [1.807, 2.05) is 49.4 Å². The van der Waals surface area contributed by atoms with Crippen molar-refractivity contribution in [1.29, 1.82) is 0 Å². The zero-order valence-corrected chi connectivity index (χ0v) is 14.0. The van der Waals surface area contributed by atoms with Gasteiger partial charge in [0, 0.05) is 28.9 Å². The average Bonchev–Trinajstić information content (AvgIpc) is 2.89. The van der Waals surface area contributed by atoms with Gasteiger partial charge in [0.15, 0.2) is 17.3 Å². The monoisotopic (exact) mass is 337 g/mol. The number of rotatable bonds is 4. The van der Waals surface area contributed by atoms with Gasteiger partial charge in [-0.25, -0.2) is 0 Å². The first-order valence-corrected chi connectivity index (χ1v) is 8.40. The highest BCUT2D eigenvalue weighted by Crippen LogP contribution is 2.34. The molecule has 3 aromatic rings. The molecule has 6 heteroatoms. The number of benzene rings is 2. The molecule has 1 aliphatic heterocycles. The van der Waals surface area contributed by atoms with Gasteiger partial charge in [-0.1, -0.05) is 18.2 Å². The number of fused-ring (bicyclic) bond motifs is 2. The molecule has 0 saturated carbocycles. The molecule has 0 saturated heterocycles. The van der Waals surface area contributed by atoms with Gasteiger partial charge in [0.25, 0.3) is 0 Å². The van der Waals surface area contributed by atoms with E-state index in [0.29, 0.717) is 31.5 Å². The SMILES string of the molecule is CCOc1nnc(Nc2ccc3c(c2)OCCCO3)c2ccccc12. The van der Waals surface area contributed by atoms with E-state index in [2.05, 4.69) is 15.5 Å². The van der Waals surface area contributed by atoms with Crippen LogP contribution in [0, 0.1) is 0 Å². The standard InChI is InChI=1S/C19H19N3O3/c1-2-23-19-15-7-4-3-6-14(15)18(21-22-19)20-13-8-9-16-17(12-13)25-11-5-10-24-16/h3-4,6-9,12H,2,5,10-11H2,1H3,(H,20,21). The minimum atomic E-state index is 0.544. The Bertz CT molecular complexity index is 898. The van der Waals surface area contributed by atoms with Crippen LogP contribution in [0.15, 0.2) is 42.5 Å². The highest BCUT2D eigenvalue weighted by Gasteiger charge is 2.13. The molecular weight excluding hydrogens is 318 g/mol. The zero-order chi connectivity index (χ0) is 17.1. The third-order valence-electron chi connectivity index (χ3n) is 3.94. The Morgan fingerprint density at radius 3 is 2.64 bits per heavy atom. The predicted molar refractivity (Wildman–Crippen MR) is 96.0 cm³/mol. The van der Waals surface area contributed by atoms with Crippen molar-refractivity contribution < 1.29 is 14.2 Å². The van der Waals surface area contributed by atoms with Crippen molar-refractivity contribution in [3.63, 3.8) is 0 Å². The molecule has 0 fully saturated rings. The molecule has 0 spiro atoms. The number of hydrogen-bond acceptors (Lipinski definition) is 6. The molecule has 0 amide bonds. The molecule has 2 heterocycles. The van der Waals surface area contributed by atoms with Gasteiger partial charge < -0.3 is 19.5 Å². The van der Waals surface area contributed by atoms with E-state index in [1.165, 1.54) is 0 Å². The molecule has 6 nitrogen and oxygen atoms in total. The summed E-state index contributed by atoms with van der Waals surface area (Å²) in [6.07, 6.45) is 0.881. The largest absolute Gasteiger partial charge is 0.490 e. The Balaban J connectivity index is 1.69. The van der Waals surface area contributed by atoms with Gasteiger partial charge >= 0.3 is 0 Å². The summed E-state index contributed by atoms with van der Waals surface area (Å²) in [5.74, 6) is 2.73. The summed E-state index contributed by atoms with van der Waals surface area (Å²) >= 11 is 0. The van der Waals surface area contributed by atoms with Crippen LogP contribution >= 0.6 is 0 Å². The van der Waals surface area contributed by atoms with E-state index < -0.39 is 0 Å². The fraction of sp³-hybridized carbons (Fsp3) is 0.263. The number of hydrogen-bond donors (Lipinski definition) is 1. The van der Waals surface area contributed by atoms with E-state index in [4.69, 9.17) is 14.2 Å². The molecule has 0 bridgehead atoms. The minimum absolute atomic E-state index is 0.544. The van der Waals surface area contributed by atoms with Crippen LogP contribution in [0.3, 0.4) is 0 Å². The summed E-state index contributed by atoms with van der Waals surface area (Å²) in [4.78, 5) is 0. The second-order valence-electron chi connectivity index (χ2n) is 5.67. The van der Waals surface area contributed by atoms with Gasteiger partial charge in [-0.2, -0.15) is 0 Å². The van der Waals surface area contributed by atoms with Crippen molar-refractivity contribution in [3.8, 4) is 17.4 Å². The van der Waals surface area contributed by atoms with Crippen molar-refractivity contribution in [2.75, 3.05) is 25.1 Å². The lowest BCUT2D eigenvalue weighted by Crippen LogP contribution is -2.02. The van der Waals surface area contributed by atoms with Gasteiger partial charge in [-0.05, 0) is 25.1 Å². The number of anilines is 2. The summed E-state index contributed by atoms with van der Waals surface area (Å²) in [5.41, 5.74) is 0.868. The second-order valence-corrected chi connectivity index (χ2v) is 5.67. The van der Waals surface area contributed by atoms with Gasteiger partial charge in [0.1, 0.15) is 0 Å². The first-order chi connectivity index (χ1) is 12.3. The van der Waals surface area contributed by atoms with Gasteiger partial charge in [0.2, 0.25) is 5.88 Å². The maximum atomic E-state index is 5.74. The zero-order valence-electron chi connectivity index (χ0n) is 14.0. The summed E-state index contributed by atoms with van der Waals surface area (Å²) in [7, 11) is 0. The lowest BCUT2D eigenvalue weighted by Gasteiger charge is -2.13. The number of nitrogens with one attached hydrogen (secondary N) is 1. The Morgan fingerprint density at radius 2 is 1.80 bits per heavy atom. The van der Waals surface area contributed by atoms with Crippen molar-refractivity contribution in [3.05, 3.63) is 42.5 Å². The molecule has 0 radical (unpaired) electrons. The Hall–Kier alpha value is -3.02. The van der Waals surface area contributed by atoms with Crippen LogP contribution in [0.25, 0.3) is 10.8 Å². The molecule has 128 valence electrons. The molecule has 25 heavy (non-hydrogen) atoms. The number of ether oxygens (including phenoxy) is 3. The molecule has 1 N–H and O–H groups in total. The van der Waals surface area contributed by atoms with Crippen molar-refractivity contribution in [2.24, 2.45) is 0 Å². The summed E-state index contributed by atoms with van der Waals surface area (Å²) in [6.45, 7) is 3.81. The van der Waals surface area contributed by atoms with E-state index in [9.17, 15) is 0 Å². The fourth-order valence-electron chi connectivity index (χ4n) is 2.79. The lowest BCUT2D eigenvalue weighted by atomic mass is 10.2. The normalized spacial score (nSPS) is 13.3. The maximum Gasteiger partial charge on any atom is 0.241 e. The topological polar surface area (TPSA) is 65.5 Å². The van der Waals surface area contributed by atoms with Crippen molar-refractivity contribution in [1.82, 2.24) is 10.2 Å². The van der Waals surface area contributed by atoms with Crippen molar-refractivity contribution in [2.45, 2.75) is 13.3 Å². The Morgan fingerprint density at radius 1 is 1.00 bits per heavy atom. The van der Waals surface area contributed by atoms with Crippen LogP contribution in [-0.4, -0.2) is 30.0 Å². The highest BCUT2D eigenvalue weighted by atomic mass is 16.5.